The molecule has 0 radical (unpaired) electrons. The molecule has 0 aromatic heterocycles. The first-order valence-electron chi connectivity index (χ1n) is 4.80. The fourth-order valence-electron chi connectivity index (χ4n) is 2.17. The van der Waals surface area contributed by atoms with Crippen LogP contribution in [0.25, 0.3) is 0 Å². The van der Waals surface area contributed by atoms with E-state index in [-0.39, 0.29) is 0 Å². The van der Waals surface area contributed by atoms with Crippen molar-refractivity contribution in [3.8, 4) is 0 Å². The molecule has 2 atom stereocenters. The maximum atomic E-state index is 2.43. The van der Waals surface area contributed by atoms with Crippen molar-refractivity contribution in [1.29, 1.82) is 0 Å². The molecule has 0 nitrogen and oxygen atoms in total. The largest absolute Gasteiger partial charge is 0.0882 e. The first-order chi connectivity index (χ1) is 5.47. The Morgan fingerprint density at radius 1 is 0.909 bits per heavy atom. The van der Waals surface area contributed by atoms with Crippen molar-refractivity contribution in [3.63, 3.8) is 0 Å². The molecule has 0 amide bonds. The third-order valence-corrected chi connectivity index (χ3v) is 2.88. The van der Waals surface area contributed by atoms with E-state index in [4.69, 9.17) is 0 Å². The van der Waals surface area contributed by atoms with Crippen LogP contribution in [0.1, 0.15) is 32.1 Å². The van der Waals surface area contributed by atoms with Crippen molar-refractivity contribution in [1.82, 2.24) is 0 Å². The highest BCUT2D eigenvalue weighted by molar-refractivity contribution is 5.08. The number of allylic oxidation sites excluding steroid dienone is 4. The molecule has 2 aliphatic rings. The van der Waals surface area contributed by atoms with Gasteiger partial charge in [0.25, 0.3) is 0 Å². The van der Waals surface area contributed by atoms with Crippen LogP contribution in [0.4, 0.5) is 0 Å². The fourth-order valence-corrected chi connectivity index (χ4v) is 2.17. The molecular weight excluding hydrogens is 132 g/mol. The van der Waals surface area contributed by atoms with E-state index in [0.29, 0.717) is 0 Å². The highest BCUT2D eigenvalue weighted by Crippen LogP contribution is 2.32. The second kappa shape index (κ2) is 3.25. The minimum Gasteiger partial charge on any atom is -0.0882 e. The van der Waals surface area contributed by atoms with Crippen LogP contribution in [-0.4, -0.2) is 0 Å². The summed E-state index contributed by atoms with van der Waals surface area (Å²) in [6.07, 6.45) is 16.4. The Morgan fingerprint density at radius 3 is 2.82 bits per heavy atom. The van der Waals surface area contributed by atoms with Crippen LogP contribution in [0.2, 0.25) is 0 Å². The summed E-state index contributed by atoms with van der Waals surface area (Å²) in [7, 11) is 0. The standard InChI is InChI=1S/C11H16/c1-2-4-7-11-9-5-8-10(11)6-3-1/h3,5-6,9-11H,1-2,4,7-8H2/b6-3-. The maximum absolute atomic E-state index is 2.43. The van der Waals surface area contributed by atoms with Crippen LogP contribution < -0.4 is 0 Å². The molecule has 0 N–H and O–H groups in total. The number of hydrogen-bond donors (Lipinski definition) is 0. The molecule has 2 rings (SSSR count). The SMILES string of the molecule is C1=CC2CCCC/C=C\C2C1. The van der Waals surface area contributed by atoms with Crippen LogP contribution in [0.3, 0.4) is 0 Å². The van der Waals surface area contributed by atoms with E-state index in [1.54, 1.807) is 0 Å². The Bertz CT molecular complexity index is 176. The molecule has 0 aliphatic heterocycles. The summed E-state index contributed by atoms with van der Waals surface area (Å²) < 4.78 is 0. The van der Waals surface area contributed by atoms with Crippen molar-refractivity contribution < 1.29 is 0 Å². The first-order valence-corrected chi connectivity index (χ1v) is 4.80. The molecule has 0 spiro atoms. The molecule has 60 valence electrons. The summed E-state index contributed by atoms with van der Waals surface area (Å²) in [6.45, 7) is 0. The molecule has 0 aromatic rings. The first kappa shape index (κ1) is 7.15. The van der Waals surface area contributed by atoms with Gasteiger partial charge < -0.3 is 0 Å². The number of fused-ring (bicyclic) bond motifs is 1. The van der Waals surface area contributed by atoms with Gasteiger partial charge in [-0.3, -0.25) is 0 Å². The van der Waals surface area contributed by atoms with E-state index in [0.717, 1.165) is 11.8 Å². The summed E-state index contributed by atoms with van der Waals surface area (Å²) in [5, 5.41) is 0. The van der Waals surface area contributed by atoms with Gasteiger partial charge in [0.05, 0.1) is 0 Å². The van der Waals surface area contributed by atoms with Gasteiger partial charge >= 0.3 is 0 Å². The minimum absolute atomic E-state index is 0.857. The van der Waals surface area contributed by atoms with E-state index in [2.05, 4.69) is 24.3 Å². The molecule has 0 saturated heterocycles. The van der Waals surface area contributed by atoms with Gasteiger partial charge in [-0.15, -0.1) is 0 Å². The van der Waals surface area contributed by atoms with Crippen molar-refractivity contribution >= 4 is 0 Å². The third kappa shape index (κ3) is 1.55. The van der Waals surface area contributed by atoms with Crippen LogP contribution in [0, 0.1) is 11.8 Å². The van der Waals surface area contributed by atoms with Gasteiger partial charge in [-0.2, -0.15) is 0 Å². The van der Waals surface area contributed by atoms with Crippen LogP contribution in [-0.2, 0) is 0 Å². The van der Waals surface area contributed by atoms with Crippen molar-refractivity contribution in [2.24, 2.45) is 11.8 Å². The lowest BCUT2D eigenvalue weighted by Crippen LogP contribution is -2.06. The Labute approximate surface area is 69.0 Å². The van der Waals surface area contributed by atoms with Crippen molar-refractivity contribution in [3.05, 3.63) is 24.3 Å². The predicted octanol–water partition coefficient (Wildman–Crippen LogP) is 3.31. The summed E-state index contributed by atoms with van der Waals surface area (Å²) in [4.78, 5) is 0. The molecule has 0 saturated carbocycles. The van der Waals surface area contributed by atoms with Gasteiger partial charge in [0, 0.05) is 0 Å². The van der Waals surface area contributed by atoms with Gasteiger partial charge in [-0.1, -0.05) is 30.7 Å². The molecule has 2 aliphatic carbocycles. The van der Waals surface area contributed by atoms with Crippen LogP contribution in [0.5, 0.6) is 0 Å². The van der Waals surface area contributed by atoms with E-state index in [1.807, 2.05) is 0 Å². The zero-order valence-electron chi connectivity index (χ0n) is 7.00. The summed E-state index contributed by atoms with van der Waals surface area (Å²) in [5.74, 6) is 1.74. The van der Waals surface area contributed by atoms with Gasteiger partial charge in [0.15, 0.2) is 0 Å². The Balaban J connectivity index is 2.05. The normalized spacial score (nSPS) is 39.3. The minimum atomic E-state index is 0.857. The van der Waals surface area contributed by atoms with E-state index in [9.17, 15) is 0 Å². The summed E-state index contributed by atoms with van der Waals surface area (Å²) in [6, 6.07) is 0. The lowest BCUT2D eigenvalue weighted by Gasteiger charge is -2.17. The van der Waals surface area contributed by atoms with Crippen LogP contribution in [0.15, 0.2) is 24.3 Å². The number of rotatable bonds is 0. The molecule has 11 heavy (non-hydrogen) atoms. The van der Waals surface area contributed by atoms with Gasteiger partial charge in [0.2, 0.25) is 0 Å². The Hall–Kier alpha value is -0.520. The molecule has 2 unspecified atom stereocenters. The Morgan fingerprint density at radius 2 is 1.82 bits per heavy atom. The molecule has 0 fully saturated rings. The van der Waals surface area contributed by atoms with Crippen LogP contribution >= 0.6 is 0 Å². The van der Waals surface area contributed by atoms with Gasteiger partial charge in [-0.05, 0) is 37.5 Å². The van der Waals surface area contributed by atoms with E-state index in [1.165, 1.54) is 32.1 Å². The van der Waals surface area contributed by atoms with E-state index >= 15 is 0 Å². The van der Waals surface area contributed by atoms with Crippen molar-refractivity contribution in [2.45, 2.75) is 32.1 Å². The highest BCUT2D eigenvalue weighted by Gasteiger charge is 2.20. The lowest BCUT2D eigenvalue weighted by molar-refractivity contribution is 0.445. The molecular formula is C11H16. The fraction of sp³-hybridized carbons (Fsp3) is 0.636. The van der Waals surface area contributed by atoms with Gasteiger partial charge in [-0.25, -0.2) is 0 Å². The second-order valence-electron chi connectivity index (χ2n) is 3.70. The highest BCUT2D eigenvalue weighted by atomic mass is 14.2. The van der Waals surface area contributed by atoms with E-state index < -0.39 is 0 Å². The molecule has 0 heterocycles. The molecule has 0 bridgehead atoms. The average Bonchev–Trinajstić information content (AvgIpc) is 2.35. The van der Waals surface area contributed by atoms with Crippen molar-refractivity contribution in [2.75, 3.05) is 0 Å². The zero-order valence-corrected chi connectivity index (χ0v) is 7.00. The van der Waals surface area contributed by atoms with Gasteiger partial charge in [0.1, 0.15) is 0 Å². The maximum Gasteiger partial charge on any atom is -0.0136 e. The Kier molecular flexibility index (Phi) is 2.11. The molecule has 0 aromatic carbocycles. The quantitative estimate of drug-likeness (QED) is 0.462. The topological polar surface area (TPSA) is 0 Å². The summed E-state index contributed by atoms with van der Waals surface area (Å²) >= 11 is 0. The average molecular weight is 148 g/mol. The smallest absolute Gasteiger partial charge is 0.0136 e. The third-order valence-electron chi connectivity index (χ3n) is 2.88. The lowest BCUT2D eigenvalue weighted by atomic mass is 9.88. The monoisotopic (exact) mass is 148 g/mol. The predicted molar refractivity (Wildman–Crippen MR) is 48.3 cm³/mol. The zero-order chi connectivity index (χ0) is 7.52. The number of hydrogen-bond acceptors (Lipinski definition) is 0. The second-order valence-corrected chi connectivity index (χ2v) is 3.70. The molecule has 0 heteroatoms. The summed E-state index contributed by atoms with van der Waals surface area (Å²) in [5.41, 5.74) is 0.